The van der Waals surface area contributed by atoms with Crippen LogP contribution in [0, 0.1) is 11.3 Å². The van der Waals surface area contributed by atoms with Gasteiger partial charge in [-0.05, 0) is 31.5 Å². The van der Waals surface area contributed by atoms with Crippen LogP contribution in [0.4, 0.5) is 11.4 Å². The molecule has 19 heavy (non-hydrogen) atoms. The lowest BCUT2D eigenvalue weighted by Crippen LogP contribution is -2.46. The van der Waals surface area contributed by atoms with Crippen LogP contribution in [0.5, 0.6) is 0 Å². The molecule has 4 heteroatoms. The summed E-state index contributed by atoms with van der Waals surface area (Å²) in [4.78, 5) is 4.84. The van der Waals surface area contributed by atoms with Crippen LogP contribution in [0.3, 0.4) is 0 Å². The van der Waals surface area contributed by atoms with Crippen LogP contribution in [0.2, 0.25) is 0 Å². The van der Waals surface area contributed by atoms with Gasteiger partial charge in [-0.2, -0.15) is 5.26 Å². The van der Waals surface area contributed by atoms with Gasteiger partial charge in [-0.25, -0.2) is 0 Å². The molecule has 2 rings (SSSR count). The van der Waals surface area contributed by atoms with Crippen molar-refractivity contribution in [3.63, 3.8) is 0 Å². The predicted octanol–water partition coefficient (Wildman–Crippen LogP) is 2.08. The minimum Gasteiger partial charge on any atom is -0.397 e. The van der Waals surface area contributed by atoms with Crippen LogP contribution >= 0.6 is 0 Å². The third-order valence-corrected chi connectivity index (χ3v) is 3.66. The first kappa shape index (κ1) is 13.7. The molecule has 0 atom stereocenters. The molecule has 1 aliphatic rings. The number of hydrogen-bond acceptors (Lipinski definition) is 4. The second-order valence-corrected chi connectivity index (χ2v) is 5.00. The van der Waals surface area contributed by atoms with Crippen molar-refractivity contribution in [2.24, 2.45) is 0 Å². The minimum atomic E-state index is 0.681. The first-order valence-corrected chi connectivity index (χ1v) is 7.00. The first-order valence-electron chi connectivity index (χ1n) is 7.00. The summed E-state index contributed by atoms with van der Waals surface area (Å²) in [6.45, 7) is 5.35. The van der Waals surface area contributed by atoms with E-state index < -0.39 is 0 Å². The summed E-state index contributed by atoms with van der Waals surface area (Å²) in [6, 6.07) is 10.3. The average Bonchev–Trinajstić information content (AvgIpc) is 2.45. The van der Waals surface area contributed by atoms with E-state index in [1.165, 1.54) is 0 Å². The van der Waals surface area contributed by atoms with Crippen molar-refractivity contribution >= 4 is 11.4 Å². The van der Waals surface area contributed by atoms with Gasteiger partial charge < -0.3 is 10.6 Å². The molecule has 0 aromatic heterocycles. The summed E-state index contributed by atoms with van der Waals surface area (Å²) in [5, 5.41) is 8.51. The molecule has 0 bridgehead atoms. The summed E-state index contributed by atoms with van der Waals surface area (Å²) in [5.41, 5.74) is 8.04. The van der Waals surface area contributed by atoms with E-state index in [9.17, 15) is 0 Å². The lowest BCUT2D eigenvalue weighted by Gasteiger charge is -2.36. The Morgan fingerprint density at radius 2 is 1.84 bits per heavy atom. The largest absolute Gasteiger partial charge is 0.397 e. The van der Waals surface area contributed by atoms with Gasteiger partial charge in [0.25, 0.3) is 0 Å². The van der Waals surface area contributed by atoms with Crippen LogP contribution in [0.25, 0.3) is 0 Å². The zero-order valence-electron chi connectivity index (χ0n) is 11.4. The smallest absolute Gasteiger partial charge is 0.0621 e. The highest BCUT2D eigenvalue weighted by atomic mass is 15.3. The molecule has 1 aromatic carbocycles. The van der Waals surface area contributed by atoms with E-state index in [4.69, 9.17) is 11.0 Å². The number of nitrogens with two attached hydrogens (primary N) is 1. The summed E-state index contributed by atoms with van der Waals surface area (Å²) in [5.74, 6) is 0. The van der Waals surface area contributed by atoms with Gasteiger partial charge in [0.05, 0.1) is 17.4 Å². The van der Waals surface area contributed by atoms with E-state index in [0.717, 1.165) is 56.9 Å². The van der Waals surface area contributed by atoms with E-state index in [1.807, 2.05) is 18.2 Å². The van der Waals surface area contributed by atoms with Gasteiger partial charge in [-0.1, -0.05) is 12.1 Å². The molecule has 1 fully saturated rings. The Morgan fingerprint density at radius 1 is 1.11 bits per heavy atom. The average molecular weight is 258 g/mol. The Bertz CT molecular complexity index is 430. The fourth-order valence-electron chi connectivity index (χ4n) is 2.53. The number of nitrogens with zero attached hydrogens (tertiary/aromatic N) is 3. The molecule has 0 radical (unpaired) electrons. The van der Waals surface area contributed by atoms with Crippen LogP contribution in [0.15, 0.2) is 24.3 Å². The highest BCUT2D eigenvalue weighted by Crippen LogP contribution is 2.23. The molecular weight excluding hydrogens is 236 g/mol. The predicted molar refractivity (Wildman–Crippen MR) is 79.0 cm³/mol. The molecule has 1 saturated heterocycles. The number of nitrogen functional groups attached to an aromatic ring is 1. The number of para-hydroxylation sites is 2. The van der Waals surface area contributed by atoms with E-state index in [1.54, 1.807) is 0 Å². The van der Waals surface area contributed by atoms with Crippen LogP contribution in [0.1, 0.15) is 19.3 Å². The van der Waals surface area contributed by atoms with Crippen molar-refractivity contribution < 1.29 is 0 Å². The zero-order chi connectivity index (χ0) is 13.5. The topological polar surface area (TPSA) is 56.3 Å². The highest BCUT2D eigenvalue weighted by molar-refractivity contribution is 5.67. The lowest BCUT2D eigenvalue weighted by atomic mass is 10.2. The molecule has 0 spiro atoms. The number of hydrogen-bond donors (Lipinski definition) is 1. The summed E-state index contributed by atoms with van der Waals surface area (Å²) in [7, 11) is 0. The normalized spacial score (nSPS) is 16.3. The maximum Gasteiger partial charge on any atom is 0.0621 e. The molecule has 4 nitrogen and oxygen atoms in total. The number of benzene rings is 1. The zero-order valence-corrected chi connectivity index (χ0v) is 11.4. The van der Waals surface area contributed by atoms with Crippen LogP contribution < -0.4 is 10.6 Å². The number of piperazine rings is 1. The van der Waals surface area contributed by atoms with Crippen molar-refractivity contribution in [2.75, 3.05) is 43.4 Å². The lowest BCUT2D eigenvalue weighted by molar-refractivity contribution is 0.253. The summed E-state index contributed by atoms with van der Waals surface area (Å²) >= 11 is 0. The van der Waals surface area contributed by atoms with E-state index in [0.29, 0.717) is 6.42 Å². The van der Waals surface area contributed by atoms with Crippen molar-refractivity contribution in [2.45, 2.75) is 19.3 Å². The van der Waals surface area contributed by atoms with Gasteiger partial charge in [-0.15, -0.1) is 0 Å². The number of anilines is 2. The van der Waals surface area contributed by atoms with Crippen molar-refractivity contribution in [3.05, 3.63) is 24.3 Å². The SMILES string of the molecule is N#CCCCCN1CCN(c2ccccc2N)CC1. The molecule has 0 saturated carbocycles. The molecule has 0 aliphatic carbocycles. The maximum atomic E-state index is 8.51. The number of rotatable bonds is 5. The molecule has 1 aliphatic heterocycles. The Balaban J connectivity index is 1.77. The fraction of sp³-hybridized carbons (Fsp3) is 0.533. The Kier molecular flexibility index (Phi) is 5.05. The Hall–Kier alpha value is -1.73. The molecule has 102 valence electrons. The molecule has 2 N–H and O–H groups in total. The summed E-state index contributed by atoms with van der Waals surface area (Å²) < 4.78 is 0. The van der Waals surface area contributed by atoms with Gasteiger partial charge in [-0.3, -0.25) is 4.90 Å². The van der Waals surface area contributed by atoms with E-state index >= 15 is 0 Å². The van der Waals surface area contributed by atoms with Crippen molar-refractivity contribution in [1.29, 1.82) is 5.26 Å². The third-order valence-electron chi connectivity index (χ3n) is 3.66. The van der Waals surface area contributed by atoms with Gasteiger partial charge in [0.15, 0.2) is 0 Å². The first-order chi connectivity index (χ1) is 9.31. The minimum absolute atomic E-state index is 0.681. The summed E-state index contributed by atoms with van der Waals surface area (Å²) in [6.07, 6.45) is 2.82. The molecule has 1 heterocycles. The van der Waals surface area contributed by atoms with Gasteiger partial charge in [0, 0.05) is 32.6 Å². The van der Waals surface area contributed by atoms with Gasteiger partial charge in [0.1, 0.15) is 0 Å². The molecule has 0 amide bonds. The quantitative estimate of drug-likeness (QED) is 0.649. The fourth-order valence-corrected chi connectivity index (χ4v) is 2.53. The molecular formula is C15H22N4. The van der Waals surface area contributed by atoms with Gasteiger partial charge in [0.2, 0.25) is 0 Å². The Labute approximate surface area is 115 Å². The standard InChI is InChI=1S/C15H22N4/c16-8-4-1-5-9-18-10-12-19(13-11-18)15-7-3-2-6-14(15)17/h2-3,6-7H,1,4-5,9-13,17H2. The third kappa shape index (κ3) is 3.87. The monoisotopic (exact) mass is 258 g/mol. The van der Waals surface area contributed by atoms with Gasteiger partial charge >= 0.3 is 0 Å². The second-order valence-electron chi connectivity index (χ2n) is 5.00. The number of nitriles is 1. The number of unbranched alkanes of at least 4 members (excludes halogenated alkanes) is 2. The molecule has 0 unspecified atom stereocenters. The Morgan fingerprint density at radius 3 is 2.53 bits per heavy atom. The van der Waals surface area contributed by atoms with E-state index in [2.05, 4.69) is 21.9 Å². The van der Waals surface area contributed by atoms with Crippen molar-refractivity contribution in [1.82, 2.24) is 4.90 Å². The molecule has 1 aromatic rings. The maximum absolute atomic E-state index is 8.51. The van der Waals surface area contributed by atoms with Crippen molar-refractivity contribution in [3.8, 4) is 6.07 Å². The van der Waals surface area contributed by atoms with Crippen LogP contribution in [-0.2, 0) is 0 Å². The highest BCUT2D eigenvalue weighted by Gasteiger charge is 2.17. The second kappa shape index (κ2) is 7.01. The van der Waals surface area contributed by atoms with Crippen LogP contribution in [-0.4, -0.2) is 37.6 Å². The van der Waals surface area contributed by atoms with E-state index in [-0.39, 0.29) is 0 Å².